The van der Waals surface area contributed by atoms with Crippen LogP contribution in [-0.2, 0) is 10.0 Å². The first kappa shape index (κ1) is 18.3. The van der Waals surface area contributed by atoms with Crippen molar-refractivity contribution < 1.29 is 17.9 Å². The third-order valence-electron chi connectivity index (χ3n) is 4.31. The highest BCUT2D eigenvalue weighted by atomic mass is 32.2. The van der Waals surface area contributed by atoms with Gasteiger partial charge in [0, 0.05) is 11.3 Å². The van der Waals surface area contributed by atoms with Gasteiger partial charge in [0.1, 0.15) is 11.9 Å². The zero-order chi connectivity index (χ0) is 18.7. The van der Waals surface area contributed by atoms with Crippen molar-refractivity contribution in [3.05, 3.63) is 59.7 Å². The molecule has 0 radical (unpaired) electrons. The van der Waals surface area contributed by atoms with Crippen molar-refractivity contribution in [2.24, 2.45) is 0 Å². The summed E-state index contributed by atoms with van der Waals surface area (Å²) in [5.41, 5.74) is 2.05. The standard InChI is InChI=1S/C19H22N2O4S/c1-3-26(23,24)20-16-10-8-15(9-11-16)19(22)21-12-17(13-21)25-18-7-5-4-6-14(18)2/h4-11,17,20H,3,12-13H2,1-2H3. The van der Waals surface area contributed by atoms with Gasteiger partial charge in [-0.25, -0.2) is 8.42 Å². The fourth-order valence-electron chi connectivity index (χ4n) is 2.66. The second-order valence-corrected chi connectivity index (χ2v) is 8.31. The van der Waals surface area contributed by atoms with Crippen LogP contribution in [0.1, 0.15) is 22.8 Å². The van der Waals surface area contributed by atoms with E-state index >= 15 is 0 Å². The van der Waals surface area contributed by atoms with Crippen molar-refractivity contribution in [1.82, 2.24) is 4.90 Å². The number of anilines is 1. The Balaban J connectivity index is 1.55. The van der Waals surface area contributed by atoms with E-state index in [2.05, 4.69) is 4.72 Å². The van der Waals surface area contributed by atoms with Crippen molar-refractivity contribution in [2.45, 2.75) is 20.0 Å². The van der Waals surface area contributed by atoms with Crippen molar-refractivity contribution in [3.63, 3.8) is 0 Å². The average molecular weight is 374 g/mol. The quantitative estimate of drug-likeness (QED) is 0.843. The van der Waals surface area contributed by atoms with E-state index in [0.717, 1.165) is 11.3 Å². The highest BCUT2D eigenvalue weighted by Crippen LogP contribution is 2.23. The average Bonchev–Trinajstić information content (AvgIpc) is 2.59. The number of amides is 1. The largest absolute Gasteiger partial charge is 0.486 e. The number of sulfonamides is 1. The van der Waals surface area contributed by atoms with Gasteiger partial charge >= 0.3 is 0 Å². The smallest absolute Gasteiger partial charge is 0.254 e. The number of rotatable bonds is 6. The van der Waals surface area contributed by atoms with Gasteiger partial charge in [-0.05, 0) is 49.7 Å². The molecule has 0 atom stereocenters. The van der Waals surface area contributed by atoms with Crippen LogP contribution in [-0.4, -0.2) is 44.2 Å². The fraction of sp³-hybridized carbons (Fsp3) is 0.316. The molecule has 0 spiro atoms. The van der Waals surface area contributed by atoms with Gasteiger partial charge < -0.3 is 9.64 Å². The Labute approximate surface area is 153 Å². The molecule has 1 saturated heterocycles. The van der Waals surface area contributed by atoms with Crippen LogP contribution in [0.3, 0.4) is 0 Å². The van der Waals surface area contributed by atoms with Crippen molar-refractivity contribution in [3.8, 4) is 5.75 Å². The number of ether oxygens (including phenoxy) is 1. The van der Waals surface area contributed by atoms with Crippen LogP contribution in [0.25, 0.3) is 0 Å². The minimum Gasteiger partial charge on any atom is -0.486 e. The van der Waals surface area contributed by atoms with E-state index in [9.17, 15) is 13.2 Å². The van der Waals surface area contributed by atoms with Gasteiger partial charge in [0.2, 0.25) is 10.0 Å². The molecule has 1 aliphatic rings. The summed E-state index contributed by atoms with van der Waals surface area (Å²) >= 11 is 0. The van der Waals surface area contributed by atoms with E-state index in [1.54, 1.807) is 36.1 Å². The Morgan fingerprint density at radius 1 is 1.15 bits per heavy atom. The molecule has 0 bridgehead atoms. The molecule has 3 rings (SSSR count). The SMILES string of the molecule is CCS(=O)(=O)Nc1ccc(C(=O)N2CC(Oc3ccccc3C)C2)cc1. The van der Waals surface area contributed by atoms with Crippen LogP contribution in [0.5, 0.6) is 5.75 Å². The Bertz CT molecular complexity index is 888. The molecule has 6 nitrogen and oxygen atoms in total. The number of carbonyl (C=O) groups is 1. The fourth-order valence-corrected chi connectivity index (χ4v) is 3.30. The normalized spacial score (nSPS) is 14.6. The molecular formula is C19H22N2O4S. The maximum atomic E-state index is 12.5. The summed E-state index contributed by atoms with van der Waals surface area (Å²) in [4.78, 5) is 14.2. The van der Waals surface area contributed by atoms with Crippen LogP contribution in [0.2, 0.25) is 0 Å². The third kappa shape index (κ3) is 4.16. The molecule has 0 aromatic heterocycles. The van der Waals surface area contributed by atoms with Gasteiger partial charge in [0.25, 0.3) is 5.91 Å². The first-order valence-corrected chi connectivity index (χ1v) is 10.2. The van der Waals surface area contributed by atoms with Crippen molar-refractivity contribution in [2.75, 3.05) is 23.6 Å². The van der Waals surface area contributed by atoms with Gasteiger partial charge in [-0.15, -0.1) is 0 Å². The van der Waals surface area contributed by atoms with E-state index in [0.29, 0.717) is 24.3 Å². The summed E-state index contributed by atoms with van der Waals surface area (Å²) in [6, 6.07) is 14.3. The molecule has 0 aliphatic carbocycles. The highest BCUT2D eigenvalue weighted by molar-refractivity contribution is 7.92. The number of benzene rings is 2. The molecule has 2 aromatic carbocycles. The lowest BCUT2D eigenvalue weighted by atomic mass is 10.1. The Hall–Kier alpha value is -2.54. The van der Waals surface area contributed by atoms with E-state index in [4.69, 9.17) is 4.74 Å². The topological polar surface area (TPSA) is 75.7 Å². The maximum absolute atomic E-state index is 12.5. The van der Waals surface area contributed by atoms with Gasteiger partial charge in [0.05, 0.1) is 18.8 Å². The summed E-state index contributed by atoms with van der Waals surface area (Å²) in [6.45, 7) is 4.64. The third-order valence-corrected chi connectivity index (χ3v) is 5.61. The molecule has 1 heterocycles. The first-order chi connectivity index (χ1) is 12.4. The molecule has 138 valence electrons. The van der Waals surface area contributed by atoms with Gasteiger partial charge in [-0.3, -0.25) is 9.52 Å². The molecule has 0 saturated carbocycles. The number of likely N-dealkylation sites (tertiary alicyclic amines) is 1. The first-order valence-electron chi connectivity index (χ1n) is 8.50. The van der Waals surface area contributed by atoms with Crippen LogP contribution < -0.4 is 9.46 Å². The minimum atomic E-state index is -3.32. The monoisotopic (exact) mass is 374 g/mol. The molecule has 1 aliphatic heterocycles. The summed E-state index contributed by atoms with van der Waals surface area (Å²) in [6.07, 6.45) is -0.00399. The van der Waals surface area contributed by atoms with Crippen LogP contribution in [0.4, 0.5) is 5.69 Å². The maximum Gasteiger partial charge on any atom is 0.254 e. The van der Waals surface area contributed by atoms with Crippen molar-refractivity contribution in [1.29, 1.82) is 0 Å². The Kier molecular flexibility index (Phi) is 5.18. The lowest BCUT2D eigenvalue weighted by molar-refractivity contribution is 0.0175. The number of nitrogens with one attached hydrogen (secondary N) is 1. The molecular weight excluding hydrogens is 352 g/mol. The van der Waals surface area contributed by atoms with Crippen LogP contribution >= 0.6 is 0 Å². The zero-order valence-electron chi connectivity index (χ0n) is 14.8. The van der Waals surface area contributed by atoms with E-state index in [-0.39, 0.29) is 17.8 Å². The Morgan fingerprint density at radius 3 is 2.42 bits per heavy atom. The van der Waals surface area contributed by atoms with Crippen molar-refractivity contribution >= 4 is 21.6 Å². The molecule has 1 amide bonds. The lowest BCUT2D eigenvalue weighted by Gasteiger charge is -2.39. The highest BCUT2D eigenvalue weighted by Gasteiger charge is 2.33. The van der Waals surface area contributed by atoms with Crippen LogP contribution in [0.15, 0.2) is 48.5 Å². The molecule has 1 fully saturated rings. The predicted molar refractivity (Wildman–Crippen MR) is 101 cm³/mol. The number of para-hydroxylation sites is 1. The van der Waals surface area contributed by atoms with E-state index in [1.807, 2.05) is 31.2 Å². The summed E-state index contributed by atoms with van der Waals surface area (Å²) < 4.78 is 31.5. The molecule has 7 heteroatoms. The molecule has 2 aromatic rings. The summed E-state index contributed by atoms with van der Waals surface area (Å²) in [7, 11) is -3.32. The minimum absolute atomic E-state index is 0.00371. The summed E-state index contributed by atoms with van der Waals surface area (Å²) in [5, 5.41) is 0. The number of aryl methyl sites for hydroxylation is 1. The number of carbonyl (C=O) groups excluding carboxylic acids is 1. The number of hydrogen-bond acceptors (Lipinski definition) is 4. The molecule has 1 N–H and O–H groups in total. The second-order valence-electron chi connectivity index (χ2n) is 6.30. The number of nitrogens with zero attached hydrogens (tertiary/aromatic N) is 1. The van der Waals surface area contributed by atoms with Gasteiger partial charge in [0.15, 0.2) is 0 Å². The lowest BCUT2D eigenvalue weighted by Crippen LogP contribution is -2.56. The van der Waals surface area contributed by atoms with E-state index < -0.39 is 10.0 Å². The molecule has 26 heavy (non-hydrogen) atoms. The van der Waals surface area contributed by atoms with Gasteiger partial charge in [-0.1, -0.05) is 18.2 Å². The summed E-state index contributed by atoms with van der Waals surface area (Å²) in [5.74, 6) is 0.765. The van der Waals surface area contributed by atoms with Crippen LogP contribution in [0, 0.1) is 6.92 Å². The number of hydrogen-bond donors (Lipinski definition) is 1. The predicted octanol–water partition coefficient (Wildman–Crippen LogP) is 2.66. The van der Waals surface area contributed by atoms with E-state index in [1.165, 1.54) is 0 Å². The second kappa shape index (κ2) is 7.37. The zero-order valence-corrected chi connectivity index (χ0v) is 15.6. The Morgan fingerprint density at radius 2 is 1.81 bits per heavy atom. The van der Waals surface area contributed by atoms with Gasteiger partial charge in [-0.2, -0.15) is 0 Å². The molecule has 0 unspecified atom stereocenters.